The first kappa shape index (κ1) is 25.5. The fourth-order valence-corrected chi connectivity index (χ4v) is 5.80. The third-order valence-corrected chi connectivity index (χ3v) is 11.7. The lowest BCUT2D eigenvalue weighted by Crippen LogP contribution is -2.50. The average Bonchev–Trinajstić information content (AvgIpc) is 3.04. The largest absolute Gasteiger partial charge is 0.472 e. The molecule has 8 atom stereocenters. The average molecular weight is 452 g/mol. The van der Waals surface area contributed by atoms with Gasteiger partial charge in [-0.3, -0.25) is 9.05 Å². The van der Waals surface area contributed by atoms with Crippen LogP contribution in [-0.2, 0) is 27.5 Å². The summed E-state index contributed by atoms with van der Waals surface area (Å²) < 4.78 is 41.4. The third kappa shape index (κ3) is 6.37. The molecule has 2 saturated heterocycles. The van der Waals surface area contributed by atoms with Crippen molar-refractivity contribution in [1.82, 2.24) is 0 Å². The second-order valence-electron chi connectivity index (χ2n) is 9.75. The van der Waals surface area contributed by atoms with Crippen molar-refractivity contribution in [3.63, 3.8) is 0 Å². The van der Waals surface area contributed by atoms with Gasteiger partial charge in [0.2, 0.25) is 0 Å². The highest BCUT2D eigenvalue weighted by molar-refractivity contribution is 7.47. The Hall–Kier alpha value is 0.232. The quantitative estimate of drug-likeness (QED) is 0.427. The van der Waals surface area contributed by atoms with Crippen LogP contribution >= 0.6 is 7.82 Å². The molecule has 2 fully saturated rings. The fourth-order valence-electron chi connectivity index (χ4n) is 3.48. The van der Waals surface area contributed by atoms with Crippen molar-refractivity contribution in [1.29, 1.82) is 0 Å². The summed E-state index contributed by atoms with van der Waals surface area (Å²) in [6.07, 6.45) is -1.93. The molecule has 2 aliphatic heterocycles. The molecule has 3 unspecified atom stereocenters. The zero-order valence-corrected chi connectivity index (χ0v) is 20.8. The third-order valence-electron chi connectivity index (χ3n) is 6.25. The summed E-state index contributed by atoms with van der Waals surface area (Å²) in [6.45, 7) is 14.2. The van der Waals surface area contributed by atoms with E-state index in [-0.39, 0.29) is 29.9 Å². The van der Waals surface area contributed by atoms with Crippen molar-refractivity contribution >= 4 is 24.0 Å². The Kier molecular flexibility index (Phi) is 8.25. The predicted octanol–water partition coefficient (Wildman–Crippen LogP) is 2.19. The van der Waals surface area contributed by atoms with Crippen LogP contribution in [0.2, 0.25) is 18.1 Å². The number of hydrogen-bond donors (Lipinski definition) is 2. The van der Waals surface area contributed by atoms with E-state index in [0.717, 1.165) is 0 Å². The lowest BCUT2D eigenvalue weighted by Gasteiger charge is -2.40. The van der Waals surface area contributed by atoms with Gasteiger partial charge in [-0.1, -0.05) is 27.7 Å². The SMILES string of the molecule is B[C@@H]1O[C@H](CC)C(OP(=O)(O)OC[C@H]2O[C@@H](C)CC2O)[C@@H]1O[Si](C)(C)C(C)(C)C. The summed E-state index contributed by atoms with van der Waals surface area (Å²) in [7, 11) is -4.65. The van der Waals surface area contributed by atoms with Crippen LogP contribution in [0.5, 0.6) is 0 Å². The first-order chi connectivity index (χ1) is 13.2. The monoisotopic (exact) mass is 452 g/mol. The molecule has 11 heteroatoms. The van der Waals surface area contributed by atoms with Gasteiger partial charge in [0.05, 0.1) is 37.0 Å². The van der Waals surface area contributed by atoms with Crippen LogP contribution in [-0.4, -0.2) is 75.4 Å². The summed E-state index contributed by atoms with van der Waals surface area (Å²) in [5.74, 6) is 0. The molecule has 2 rings (SSSR count). The second-order valence-corrected chi connectivity index (χ2v) is 15.9. The number of hydrogen-bond acceptors (Lipinski definition) is 7. The van der Waals surface area contributed by atoms with Crippen molar-refractivity contribution in [3.05, 3.63) is 0 Å². The molecule has 2 N–H and O–H groups in total. The van der Waals surface area contributed by atoms with Gasteiger partial charge in [-0.2, -0.15) is 0 Å². The first-order valence-electron chi connectivity index (χ1n) is 10.5. The van der Waals surface area contributed by atoms with Crippen molar-refractivity contribution < 1.29 is 37.5 Å². The summed E-state index contributed by atoms with van der Waals surface area (Å²) in [6, 6.07) is -0.264. The zero-order chi connectivity index (χ0) is 22.2. The summed E-state index contributed by atoms with van der Waals surface area (Å²) in [4.78, 5) is 10.3. The number of rotatable bonds is 8. The number of phosphoric ester groups is 1. The van der Waals surface area contributed by atoms with Gasteiger partial charge < -0.3 is 23.9 Å². The Morgan fingerprint density at radius 1 is 1.21 bits per heavy atom. The molecule has 0 aromatic carbocycles. The van der Waals surface area contributed by atoms with Gasteiger partial charge in [-0.15, -0.1) is 0 Å². The van der Waals surface area contributed by atoms with Gasteiger partial charge in [0, 0.05) is 6.42 Å². The minimum Gasteiger partial charge on any atom is -0.409 e. The minimum absolute atomic E-state index is 0.0202. The van der Waals surface area contributed by atoms with E-state index in [9.17, 15) is 14.6 Å². The molecule has 0 aliphatic carbocycles. The van der Waals surface area contributed by atoms with E-state index in [0.29, 0.717) is 12.8 Å². The van der Waals surface area contributed by atoms with Crippen LogP contribution < -0.4 is 0 Å². The van der Waals surface area contributed by atoms with Crippen molar-refractivity contribution in [2.75, 3.05) is 6.61 Å². The van der Waals surface area contributed by atoms with E-state index in [1.807, 2.05) is 21.7 Å². The highest BCUT2D eigenvalue weighted by atomic mass is 31.2. The maximum Gasteiger partial charge on any atom is 0.472 e. The van der Waals surface area contributed by atoms with E-state index >= 15 is 0 Å². The topological polar surface area (TPSA) is 104 Å². The highest BCUT2D eigenvalue weighted by Gasteiger charge is 2.51. The maximum atomic E-state index is 12.7. The normalized spacial score (nSPS) is 38.3. The molecular weight excluding hydrogens is 414 g/mol. The van der Waals surface area contributed by atoms with E-state index in [1.165, 1.54) is 0 Å². The molecule has 0 aromatic rings. The summed E-state index contributed by atoms with van der Waals surface area (Å²) in [5.41, 5.74) is 0. The van der Waals surface area contributed by atoms with Crippen molar-refractivity contribution in [2.45, 2.75) is 108 Å². The lowest BCUT2D eigenvalue weighted by molar-refractivity contribution is -0.0303. The molecule has 0 aromatic heterocycles. The van der Waals surface area contributed by atoms with Crippen LogP contribution in [0.25, 0.3) is 0 Å². The number of aliphatic hydroxyl groups is 1. The number of aliphatic hydroxyl groups excluding tert-OH is 1. The van der Waals surface area contributed by atoms with Gasteiger partial charge in [-0.05, 0) is 31.5 Å². The zero-order valence-electron chi connectivity index (χ0n) is 19.0. The molecule has 2 heterocycles. The van der Waals surface area contributed by atoms with Crippen LogP contribution in [0.1, 0.15) is 47.5 Å². The van der Waals surface area contributed by atoms with Crippen LogP contribution in [0.15, 0.2) is 0 Å². The fraction of sp³-hybridized carbons (Fsp3) is 1.00. The van der Waals surface area contributed by atoms with Crippen LogP contribution in [0.3, 0.4) is 0 Å². The molecule has 0 bridgehead atoms. The predicted molar refractivity (Wildman–Crippen MR) is 115 cm³/mol. The molecule has 0 spiro atoms. The van der Waals surface area contributed by atoms with Gasteiger partial charge in [-0.25, -0.2) is 4.57 Å². The van der Waals surface area contributed by atoms with Gasteiger partial charge in [0.1, 0.15) is 20.1 Å². The number of phosphoric acid groups is 1. The molecular formula is C18H38BO8PSi. The minimum atomic E-state index is -4.40. The van der Waals surface area contributed by atoms with Crippen molar-refractivity contribution in [2.24, 2.45) is 0 Å². The van der Waals surface area contributed by atoms with Crippen LogP contribution in [0.4, 0.5) is 0 Å². The van der Waals surface area contributed by atoms with E-state index in [1.54, 1.807) is 0 Å². The molecule has 0 amide bonds. The van der Waals surface area contributed by atoms with E-state index in [4.69, 9.17) is 22.9 Å². The lowest BCUT2D eigenvalue weighted by atomic mass is 9.93. The van der Waals surface area contributed by atoms with Gasteiger partial charge >= 0.3 is 7.82 Å². The standard InChI is InChI=1S/C18H38BO8PSi/c1-8-13-15(16(17(19)25-13)27-29(6,7)18(3,4)5)26-28(21,22)23-10-14-12(20)9-11(2)24-14/h11-17,20H,8-10,19H2,1-7H3,(H,21,22)/t11-,12?,13+,14+,15?,16-,17+/m0/s1. The second kappa shape index (κ2) is 9.38. The van der Waals surface area contributed by atoms with Crippen LogP contribution in [0, 0.1) is 0 Å². The summed E-state index contributed by atoms with van der Waals surface area (Å²) in [5, 5.41) is 9.93. The Balaban J connectivity index is 2.08. The van der Waals surface area contributed by atoms with E-state index < -0.39 is 40.6 Å². The number of ether oxygens (including phenoxy) is 2. The first-order valence-corrected chi connectivity index (χ1v) is 14.9. The molecule has 8 nitrogen and oxygen atoms in total. The molecule has 0 radical (unpaired) electrons. The summed E-state index contributed by atoms with van der Waals surface area (Å²) >= 11 is 0. The maximum absolute atomic E-state index is 12.7. The highest BCUT2D eigenvalue weighted by Crippen LogP contribution is 2.49. The van der Waals surface area contributed by atoms with Gasteiger partial charge in [0.25, 0.3) is 0 Å². The molecule has 170 valence electrons. The smallest absolute Gasteiger partial charge is 0.409 e. The van der Waals surface area contributed by atoms with Gasteiger partial charge in [0.15, 0.2) is 8.32 Å². The molecule has 2 aliphatic rings. The Bertz CT molecular complexity index is 601. The van der Waals surface area contributed by atoms with Crippen molar-refractivity contribution in [3.8, 4) is 0 Å². The Morgan fingerprint density at radius 2 is 1.83 bits per heavy atom. The molecule has 29 heavy (non-hydrogen) atoms. The Morgan fingerprint density at radius 3 is 2.31 bits per heavy atom. The molecule has 0 saturated carbocycles. The van der Waals surface area contributed by atoms with E-state index in [2.05, 4.69) is 33.9 Å². The Labute approximate surface area is 176 Å².